The van der Waals surface area contributed by atoms with Crippen LogP contribution in [0.2, 0.25) is 10.0 Å². The molecule has 19 heavy (non-hydrogen) atoms. The third-order valence-corrected chi connectivity index (χ3v) is 4.48. The summed E-state index contributed by atoms with van der Waals surface area (Å²) >= 11 is 15.4. The number of hydrogen-bond acceptors (Lipinski definition) is 3. The van der Waals surface area contributed by atoms with Crippen molar-refractivity contribution in [2.24, 2.45) is 0 Å². The van der Waals surface area contributed by atoms with E-state index in [-0.39, 0.29) is 0 Å². The Morgan fingerprint density at radius 1 is 1.26 bits per heavy atom. The Balaban J connectivity index is 1.74. The predicted octanol–water partition coefficient (Wildman–Crippen LogP) is 3.90. The van der Waals surface area contributed by atoms with E-state index in [1.807, 2.05) is 0 Å². The average Bonchev–Trinajstić information content (AvgIpc) is 2.41. The molecule has 1 fully saturated rings. The summed E-state index contributed by atoms with van der Waals surface area (Å²) in [4.78, 5) is 0. The number of ether oxygens (including phenoxy) is 2. The first-order valence-electron chi connectivity index (χ1n) is 6.25. The van der Waals surface area contributed by atoms with Crippen molar-refractivity contribution in [1.29, 1.82) is 0 Å². The number of benzene rings is 1. The van der Waals surface area contributed by atoms with Crippen LogP contribution in [0.15, 0.2) is 16.6 Å². The van der Waals surface area contributed by atoms with E-state index in [0.717, 1.165) is 37.1 Å². The summed E-state index contributed by atoms with van der Waals surface area (Å²) in [6.07, 6.45) is 2.12. The molecule has 0 unspecified atom stereocenters. The standard InChI is InChI=1S/C13H16BrCl2NO2/c14-10-7-12(16)13(8-11(10)15)19-6-3-17-9-1-4-18-5-2-9/h7-9,17H,1-6H2. The van der Waals surface area contributed by atoms with Gasteiger partial charge in [-0.1, -0.05) is 23.2 Å². The summed E-state index contributed by atoms with van der Waals surface area (Å²) in [7, 11) is 0. The lowest BCUT2D eigenvalue weighted by Gasteiger charge is -2.23. The molecule has 0 atom stereocenters. The topological polar surface area (TPSA) is 30.5 Å². The molecule has 0 radical (unpaired) electrons. The highest BCUT2D eigenvalue weighted by Gasteiger charge is 2.12. The number of halogens is 3. The first kappa shape index (κ1) is 15.4. The molecule has 0 bridgehead atoms. The molecule has 1 aromatic carbocycles. The van der Waals surface area contributed by atoms with Crippen LogP contribution in [0.1, 0.15) is 12.8 Å². The van der Waals surface area contributed by atoms with Gasteiger partial charge >= 0.3 is 0 Å². The molecule has 0 spiro atoms. The molecule has 1 N–H and O–H groups in total. The zero-order valence-electron chi connectivity index (χ0n) is 10.4. The molecule has 1 aliphatic heterocycles. The average molecular weight is 369 g/mol. The summed E-state index contributed by atoms with van der Waals surface area (Å²) < 4.78 is 11.7. The fourth-order valence-corrected chi connectivity index (χ4v) is 2.79. The number of nitrogens with one attached hydrogen (secondary N) is 1. The molecule has 1 heterocycles. The molecular formula is C13H16BrCl2NO2. The van der Waals surface area contributed by atoms with Gasteiger partial charge in [-0.3, -0.25) is 0 Å². The van der Waals surface area contributed by atoms with Gasteiger partial charge in [0.05, 0.1) is 10.0 Å². The quantitative estimate of drug-likeness (QED) is 0.631. The van der Waals surface area contributed by atoms with Gasteiger partial charge in [-0.25, -0.2) is 0 Å². The molecule has 3 nitrogen and oxygen atoms in total. The Morgan fingerprint density at radius 3 is 2.74 bits per heavy atom. The minimum absolute atomic E-state index is 0.529. The summed E-state index contributed by atoms with van der Waals surface area (Å²) in [6.45, 7) is 3.03. The maximum Gasteiger partial charge on any atom is 0.139 e. The molecule has 1 aliphatic rings. The predicted molar refractivity (Wildman–Crippen MR) is 81.5 cm³/mol. The van der Waals surface area contributed by atoms with Crippen molar-refractivity contribution in [2.75, 3.05) is 26.4 Å². The van der Waals surface area contributed by atoms with E-state index in [0.29, 0.717) is 28.4 Å². The van der Waals surface area contributed by atoms with E-state index < -0.39 is 0 Å². The molecule has 0 amide bonds. The van der Waals surface area contributed by atoms with Crippen molar-refractivity contribution < 1.29 is 9.47 Å². The second kappa shape index (κ2) is 7.70. The molecule has 1 aromatic rings. The Kier molecular flexibility index (Phi) is 6.23. The molecule has 0 aliphatic carbocycles. The van der Waals surface area contributed by atoms with E-state index in [4.69, 9.17) is 32.7 Å². The lowest BCUT2D eigenvalue weighted by atomic mass is 10.1. The van der Waals surface area contributed by atoms with Gasteiger partial charge in [0.25, 0.3) is 0 Å². The maximum atomic E-state index is 6.08. The van der Waals surface area contributed by atoms with Crippen LogP contribution in [0, 0.1) is 0 Å². The van der Waals surface area contributed by atoms with Gasteiger partial charge in [-0.2, -0.15) is 0 Å². The summed E-state index contributed by atoms with van der Waals surface area (Å²) in [6, 6.07) is 3.99. The Hall–Kier alpha value is -0.0000000000000000555. The largest absolute Gasteiger partial charge is 0.491 e. The van der Waals surface area contributed by atoms with E-state index >= 15 is 0 Å². The first-order chi connectivity index (χ1) is 9.16. The molecule has 1 saturated heterocycles. The van der Waals surface area contributed by atoms with Crippen molar-refractivity contribution in [3.63, 3.8) is 0 Å². The second-order valence-corrected chi connectivity index (χ2v) is 6.05. The minimum Gasteiger partial charge on any atom is -0.491 e. The lowest BCUT2D eigenvalue weighted by Crippen LogP contribution is -2.37. The van der Waals surface area contributed by atoms with E-state index in [1.165, 1.54) is 0 Å². The minimum atomic E-state index is 0.529. The highest BCUT2D eigenvalue weighted by atomic mass is 79.9. The zero-order valence-corrected chi connectivity index (χ0v) is 13.5. The van der Waals surface area contributed by atoms with Crippen LogP contribution in [-0.4, -0.2) is 32.4 Å². The Bertz CT molecular complexity index is 425. The second-order valence-electron chi connectivity index (χ2n) is 4.39. The van der Waals surface area contributed by atoms with Gasteiger partial charge in [0.2, 0.25) is 0 Å². The third-order valence-electron chi connectivity index (χ3n) is 2.99. The van der Waals surface area contributed by atoms with E-state index in [1.54, 1.807) is 12.1 Å². The fourth-order valence-electron chi connectivity index (χ4n) is 1.94. The van der Waals surface area contributed by atoms with Crippen LogP contribution in [0.25, 0.3) is 0 Å². The van der Waals surface area contributed by atoms with Gasteiger partial charge < -0.3 is 14.8 Å². The van der Waals surface area contributed by atoms with E-state index in [2.05, 4.69) is 21.2 Å². The van der Waals surface area contributed by atoms with Crippen molar-refractivity contribution in [1.82, 2.24) is 5.32 Å². The van der Waals surface area contributed by atoms with E-state index in [9.17, 15) is 0 Å². The molecule has 6 heteroatoms. The van der Waals surface area contributed by atoms with Crippen LogP contribution in [0.5, 0.6) is 5.75 Å². The van der Waals surface area contributed by atoms with Crippen molar-refractivity contribution >= 4 is 39.1 Å². The highest BCUT2D eigenvalue weighted by Crippen LogP contribution is 2.33. The van der Waals surface area contributed by atoms with Gasteiger partial charge in [-0.15, -0.1) is 0 Å². The molecule has 0 saturated carbocycles. The number of rotatable bonds is 5. The smallest absolute Gasteiger partial charge is 0.139 e. The van der Waals surface area contributed by atoms with Crippen LogP contribution >= 0.6 is 39.1 Å². The molecule has 106 valence electrons. The third kappa shape index (κ3) is 4.80. The van der Waals surface area contributed by atoms with Gasteiger partial charge in [0.15, 0.2) is 0 Å². The van der Waals surface area contributed by atoms with Crippen LogP contribution in [0.4, 0.5) is 0 Å². The summed E-state index contributed by atoms with van der Waals surface area (Å²) in [5.74, 6) is 0.614. The van der Waals surface area contributed by atoms with Crippen LogP contribution < -0.4 is 10.1 Å². The number of hydrogen-bond donors (Lipinski definition) is 1. The normalized spacial score (nSPS) is 16.6. The van der Waals surface area contributed by atoms with Crippen molar-refractivity contribution in [3.05, 3.63) is 26.7 Å². The maximum absolute atomic E-state index is 6.08. The van der Waals surface area contributed by atoms with Crippen LogP contribution in [0.3, 0.4) is 0 Å². The Labute approximate surface area is 131 Å². The zero-order chi connectivity index (χ0) is 13.7. The lowest BCUT2D eigenvalue weighted by molar-refractivity contribution is 0.0770. The Morgan fingerprint density at radius 2 is 2.00 bits per heavy atom. The molecular weight excluding hydrogens is 353 g/mol. The van der Waals surface area contributed by atoms with Gasteiger partial charge in [0.1, 0.15) is 12.4 Å². The monoisotopic (exact) mass is 367 g/mol. The van der Waals surface area contributed by atoms with Gasteiger partial charge in [0, 0.05) is 36.3 Å². The first-order valence-corrected chi connectivity index (χ1v) is 7.80. The molecule has 2 rings (SSSR count). The van der Waals surface area contributed by atoms with Crippen molar-refractivity contribution in [2.45, 2.75) is 18.9 Å². The summed E-state index contributed by atoms with van der Waals surface area (Å²) in [5, 5.41) is 4.60. The van der Waals surface area contributed by atoms with Crippen LogP contribution in [-0.2, 0) is 4.74 Å². The molecule has 0 aromatic heterocycles. The SMILES string of the molecule is Clc1cc(OCCNC2CCOCC2)c(Cl)cc1Br. The fraction of sp³-hybridized carbons (Fsp3) is 0.538. The summed E-state index contributed by atoms with van der Waals surface area (Å²) in [5.41, 5.74) is 0. The highest BCUT2D eigenvalue weighted by molar-refractivity contribution is 9.10. The van der Waals surface area contributed by atoms with Crippen molar-refractivity contribution in [3.8, 4) is 5.75 Å². The van der Waals surface area contributed by atoms with Gasteiger partial charge in [-0.05, 0) is 34.8 Å².